The van der Waals surface area contributed by atoms with Crippen LogP contribution in [0.1, 0.15) is 17.0 Å². The van der Waals surface area contributed by atoms with Crippen LogP contribution in [0.4, 0.5) is 0 Å². The largest absolute Gasteiger partial charge is 0.322 e. The molecule has 0 aliphatic heterocycles. The van der Waals surface area contributed by atoms with Crippen molar-refractivity contribution in [3.8, 4) is 6.07 Å². The first-order valence-corrected chi connectivity index (χ1v) is 6.84. The Morgan fingerprint density at radius 3 is 2.80 bits per heavy atom. The Kier molecular flexibility index (Phi) is 3.41. The number of alkyl halides is 1. The van der Waals surface area contributed by atoms with Gasteiger partial charge in [-0.1, -0.05) is 24.3 Å². The number of aromatic nitrogens is 2. The molecule has 1 aromatic heterocycles. The van der Waals surface area contributed by atoms with Crippen molar-refractivity contribution in [3.63, 3.8) is 0 Å². The Bertz CT molecular complexity index is 799. The molecule has 0 radical (unpaired) electrons. The molecule has 20 heavy (non-hydrogen) atoms. The summed E-state index contributed by atoms with van der Waals surface area (Å²) < 4.78 is 2.10. The minimum atomic E-state index is 0.368. The maximum atomic E-state index is 8.97. The van der Waals surface area contributed by atoms with E-state index in [1.165, 1.54) is 0 Å². The third kappa shape index (κ3) is 2.26. The quantitative estimate of drug-likeness (QED) is 0.687. The molecule has 0 fully saturated rings. The van der Waals surface area contributed by atoms with Crippen molar-refractivity contribution in [3.05, 3.63) is 65.5 Å². The molecule has 4 heteroatoms. The van der Waals surface area contributed by atoms with Gasteiger partial charge in [0.05, 0.1) is 28.5 Å². The number of halogens is 1. The van der Waals surface area contributed by atoms with E-state index in [9.17, 15) is 0 Å². The fourth-order valence-corrected chi connectivity index (χ4v) is 2.53. The van der Waals surface area contributed by atoms with E-state index in [0.717, 1.165) is 22.4 Å². The Morgan fingerprint density at radius 2 is 2.00 bits per heavy atom. The van der Waals surface area contributed by atoms with Gasteiger partial charge in [-0.15, -0.1) is 11.6 Å². The summed E-state index contributed by atoms with van der Waals surface area (Å²) in [4.78, 5) is 4.54. The minimum Gasteiger partial charge on any atom is -0.322 e. The van der Waals surface area contributed by atoms with Crippen LogP contribution >= 0.6 is 11.6 Å². The smallest absolute Gasteiger partial charge is 0.125 e. The maximum Gasteiger partial charge on any atom is 0.125 e. The van der Waals surface area contributed by atoms with Gasteiger partial charge in [-0.25, -0.2) is 4.98 Å². The highest BCUT2D eigenvalue weighted by atomic mass is 35.5. The molecular weight excluding hydrogens is 270 g/mol. The summed E-state index contributed by atoms with van der Waals surface area (Å²) >= 11 is 5.99. The number of nitrogens with zero attached hydrogens (tertiary/aromatic N) is 3. The van der Waals surface area contributed by atoms with E-state index in [0.29, 0.717) is 18.0 Å². The van der Waals surface area contributed by atoms with Gasteiger partial charge >= 0.3 is 0 Å². The molecule has 1 heterocycles. The molecule has 0 N–H and O–H groups in total. The monoisotopic (exact) mass is 281 g/mol. The van der Waals surface area contributed by atoms with Crippen LogP contribution in [0.15, 0.2) is 48.5 Å². The van der Waals surface area contributed by atoms with E-state index in [-0.39, 0.29) is 0 Å². The molecule has 3 rings (SSSR count). The minimum absolute atomic E-state index is 0.368. The van der Waals surface area contributed by atoms with Crippen LogP contribution in [0.5, 0.6) is 0 Å². The molecular formula is C16H12ClN3. The van der Waals surface area contributed by atoms with Gasteiger partial charge in [0.1, 0.15) is 5.82 Å². The standard InChI is InChI=1S/C16H12ClN3/c17-9-16-19-14-6-1-2-7-15(14)20(16)11-13-5-3-4-12(8-13)10-18/h1-8H,9,11H2. The zero-order valence-corrected chi connectivity index (χ0v) is 11.5. The number of fused-ring (bicyclic) bond motifs is 1. The highest BCUT2D eigenvalue weighted by Gasteiger charge is 2.09. The summed E-state index contributed by atoms with van der Waals surface area (Å²) in [5.41, 5.74) is 3.74. The maximum absolute atomic E-state index is 8.97. The third-order valence-electron chi connectivity index (χ3n) is 3.25. The van der Waals surface area contributed by atoms with Crippen LogP contribution in [-0.4, -0.2) is 9.55 Å². The van der Waals surface area contributed by atoms with Crippen molar-refractivity contribution in [2.24, 2.45) is 0 Å². The number of hydrogen-bond acceptors (Lipinski definition) is 2. The first-order valence-electron chi connectivity index (χ1n) is 6.31. The Morgan fingerprint density at radius 1 is 1.15 bits per heavy atom. The van der Waals surface area contributed by atoms with Gasteiger partial charge in [-0.2, -0.15) is 5.26 Å². The number of nitriles is 1. The van der Waals surface area contributed by atoms with Crippen LogP contribution in [0.3, 0.4) is 0 Å². The van der Waals surface area contributed by atoms with Gasteiger partial charge in [0.25, 0.3) is 0 Å². The Hall–Kier alpha value is -2.31. The summed E-state index contributed by atoms with van der Waals surface area (Å²) in [6.07, 6.45) is 0. The molecule has 0 spiro atoms. The molecule has 0 bridgehead atoms. The summed E-state index contributed by atoms with van der Waals surface area (Å²) in [6.45, 7) is 0.665. The van der Waals surface area contributed by atoms with Crippen molar-refractivity contribution in [1.82, 2.24) is 9.55 Å². The molecule has 0 aliphatic rings. The van der Waals surface area contributed by atoms with Gasteiger partial charge in [-0.3, -0.25) is 0 Å². The van der Waals surface area contributed by atoms with Gasteiger partial charge in [0.2, 0.25) is 0 Å². The Labute approximate surface area is 122 Å². The SMILES string of the molecule is N#Cc1cccc(Cn2c(CCl)nc3ccccc32)c1. The lowest BCUT2D eigenvalue weighted by atomic mass is 10.1. The number of rotatable bonds is 3. The first kappa shape index (κ1) is 12.7. The molecule has 3 aromatic rings. The Balaban J connectivity index is 2.07. The van der Waals surface area contributed by atoms with Crippen molar-refractivity contribution >= 4 is 22.6 Å². The zero-order chi connectivity index (χ0) is 13.9. The van der Waals surface area contributed by atoms with Crippen LogP contribution in [0.25, 0.3) is 11.0 Å². The van der Waals surface area contributed by atoms with E-state index in [4.69, 9.17) is 16.9 Å². The van der Waals surface area contributed by atoms with E-state index >= 15 is 0 Å². The normalized spacial score (nSPS) is 10.6. The van der Waals surface area contributed by atoms with Crippen molar-refractivity contribution in [2.45, 2.75) is 12.4 Å². The lowest BCUT2D eigenvalue weighted by molar-refractivity contribution is 0.778. The fourth-order valence-electron chi connectivity index (χ4n) is 2.33. The molecule has 0 saturated heterocycles. The van der Waals surface area contributed by atoms with Gasteiger partial charge in [0, 0.05) is 6.54 Å². The zero-order valence-electron chi connectivity index (χ0n) is 10.8. The molecule has 0 amide bonds. The second-order valence-electron chi connectivity index (χ2n) is 4.55. The second-order valence-corrected chi connectivity index (χ2v) is 4.82. The third-order valence-corrected chi connectivity index (χ3v) is 3.49. The number of benzene rings is 2. The average Bonchev–Trinajstić information content (AvgIpc) is 2.85. The van der Waals surface area contributed by atoms with Gasteiger partial charge in [0.15, 0.2) is 0 Å². The predicted molar refractivity (Wildman–Crippen MR) is 79.5 cm³/mol. The lowest BCUT2D eigenvalue weighted by Crippen LogP contribution is -2.04. The molecule has 3 nitrogen and oxygen atoms in total. The van der Waals surface area contributed by atoms with E-state index in [2.05, 4.69) is 15.6 Å². The molecule has 2 aromatic carbocycles. The first-order chi connectivity index (χ1) is 9.81. The number of hydrogen-bond donors (Lipinski definition) is 0. The highest BCUT2D eigenvalue weighted by molar-refractivity contribution is 6.16. The summed E-state index contributed by atoms with van der Waals surface area (Å²) in [6, 6.07) is 17.7. The highest BCUT2D eigenvalue weighted by Crippen LogP contribution is 2.19. The van der Waals surface area contributed by atoms with Crippen LogP contribution in [0.2, 0.25) is 0 Å². The van der Waals surface area contributed by atoms with Gasteiger partial charge < -0.3 is 4.57 Å². The van der Waals surface area contributed by atoms with E-state index in [1.54, 1.807) is 6.07 Å². The van der Waals surface area contributed by atoms with E-state index < -0.39 is 0 Å². The average molecular weight is 282 g/mol. The topological polar surface area (TPSA) is 41.6 Å². The van der Waals surface area contributed by atoms with Crippen LogP contribution in [-0.2, 0) is 12.4 Å². The molecule has 0 atom stereocenters. The summed E-state index contributed by atoms with van der Waals surface area (Å²) in [7, 11) is 0. The lowest BCUT2D eigenvalue weighted by Gasteiger charge is -2.08. The van der Waals surface area contributed by atoms with Gasteiger partial charge in [-0.05, 0) is 29.8 Å². The summed E-state index contributed by atoms with van der Waals surface area (Å²) in [5, 5.41) is 8.97. The summed E-state index contributed by atoms with van der Waals surface area (Å²) in [5.74, 6) is 1.21. The van der Waals surface area contributed by atoms with E-state index in [1.807, 2.05) is 42.5 Å². The molecule has 0 unspecified atom stereocenters. The fraction of sp³-hybridized carbons (Fsp3) is 0.125. The second kappa shape index (κ2) is 5.36. The van der Waals surface area contributed by atoms with Crippen molar-refractivity contribution < 1.29 is 0 Å². The number of imidazole rings is 1. The molecule has 0 aliphatic carbocycles. The van der Waals surface area contributed by atoms with Crippen molar-refractivity contribution in [1.29, 1.82) is 5.26 Å². The van der Waals surface area contributed by atoms with Crippen LogP contribution in [0, 0.1) is 11.3 Å². The predicted octanol–water partition coefficient (Wildman–Crippen LogP) is 3.70. The number of para-hydroxylation sites is 2. The van der Waals surface area contributed by atoms with Crippen LogP contribution < -0.4 is 0 Å². The van der Waals surface area contributed by atoms with Crippen molar-refractivity contribution in [2.75, 3.05) is 0 Å². The molecule has 98 valence electrons. The molecule has 0 saturated carbocycles.